The van der Waals surface area contributed by atoms with Crippen LogP contribution in [0.15, 0.2) is 37.9 Å². The molecule has 0 aliphatic heterocycles. The highest BCUT2D eigenvalue weighted by Crippen LogP contribution is 2.35. The third kappa shape index (κ3) is 2.94. The van der Waals surface area contributed by atoms with Crippen molar-refractivity contribution >= 4 is 49.0 Å². The van der Waals surface area contributed by atoms with E-state index in [9.17, 15) is 14.4 Å². The number of hydrogen-bond acceptors (Lipinski definition) is 3. The van der Waals surface area contributed by atoms with Gasteiger partial charge in [0, 0.05) is 11.1 Å². The maximum atomic E-state index is 13.7. The van der Waals surface area contributed by atoms with Crippen molar-refractivity contribution in [3.05, 3.63) is 54.8 Å². The number of ketones is 1. The molecule has 0 bridgehead atoms. The molecule has 0 spiro atoms. The Morgan fingerprint density at radius 2 is 2.05 bits per heavy atom. The zero-order valence-corrected chi connectivity index (χ0v) is 13.4. The Labute approximate surface area is 130 Å². The minimum absolute atomic E-state index is 0.101. The van der Waals surface area contributed by atoms with Gasteiger partial charge in [0.15, 0.2) is 5.78 Å². The van der Waals surface area contributed by atoms with E-state index in [1.54, 1.807) is 12.1 Å². The van der Waals surface area contributed by atoms with Gasteiger partial charge in [-0.2, -0.15) is 5.26 Å². The van der Waals surface area contributed by atoms with E-state index in [2.05, 4.69) is 31.9 Å². The molecule has 0 radical (unpaired) electrons. The SMILES string of the molecule is N#CC(C(=O)c1cc(Br)sc1Br)c1ccccc1F. The summed E-state index contributed by atoms with van der Waals surface area (Å²) < 4.78 is 15.1. The first-order chi connectivity index (χ1) is 9.04. The van der Waals surface area contributed by atoms with Crippen LogP contribution in [0.3, 0.4) is 0 Å². The van der Waals surface area contributed by atoms with Gasteiger partial charge in [-0.25, -0.2) is 4.39 Å². The summed E-state index contributed by atoms with van der Waals surface area (Å²) >= 11 is 7.88. The van der Waals surface area contributed by atoms with E-state index >= 15 is 0 Å². The highest BCUT2D eigenvalue weighted by Gasteiger charge is 2.27. The topological polar surface area (TPSA) is 40.9 Å². The van der Waals surface area contributed by atoms with Crippen LogP contribution in [0.1, 0.15) is 21.8 Å². The van der Waals surface area contributed by atoms with E-state index in [0.29, 0.717) is 9.35 Å². The van der Waals surface area contributed by atoms with Gasteiger partial charge >= 0.3 is 0 Å². The Morgan fingerprint density at radius 3 is 2.58 bits per heavy atom. The smallest absolute Gasteiger partial charge is 0.186 e. The molecule has 1 atom stereocenters. The third-order valence-electron chi connectivity index (χ3n) is 2.53. The average Bonchev–Trinajstić information content (AvgIpc) is 2.71. The van der Waals surface area contributed by atoms with Crippen LogP contribution in [-0.2, 0) is 0 Å². The molecule has 0 amide bonds. The molecule has 0 saturated heterocycles. The number of carbonyl (C=O) groups excluding carboxylic acids is 1. The van der Waals surface area contributed by atoms with Crippen LogP contribution in [0.2, 0.25) is 0 Å². The number of Topliss-reactive ketones (excluding diaryl/α,β-unsaturated/α-hetero) is 1. The summed E-state index contributed by atoms with van der Waals surface area (Å²) in [6.07, 6.45) is 0. The number of nitrogens with zero attached hydrogens (tertiary/aromatic N) is 1. The molecular formula is C13H6Br2FNOS. The Hall–Kier alpha value is -1.03. The van der Waals surface area contributed by atoms with Crippen molar-refractivity contribution in [2.45, 2.75) is 5.92 Å². The van der Waals surface area contributed by atoms with E-state index in [0.717, 1.165) is 3.79 Å². The van der Waals surface area contributed by atoms with Gasteiger partial charge in [0.2, 0.25) is 0 Å². The van der Waals surface area contributed by atoms with Crippen molar-refractivity contribution in [2.75, 3.05) is 0 Å². The normalized spacial score (nSPS) is 11.9. The Bertz CT molecular complexity index is 678. The fourth-order valence-corrected chi connectivity index (χ4v) is 4.46. The number of halogens is 3. The van der Waals surface area contributed by atoms with E-state index in [4.69, 9.17) is 0 Å². The molecule has 0 saturated carbocycles. The second-order valence-corrected chi connectivity index (χ2v) is 7.44. The fraction of sp³-hybridized carbons (Fsp3) is 0.0769. The molecule has 19 heavy (non-hydrogen) atoms. The maximum absolute atomic E-state index is 13.7. The summed E-state index contributed by atoms with van der Waals surface area (Å²) in [4.78, 5) is 12.3. The zero-order valence-electron chi connectivity index (χ0n) is 9.36. The molecule has 2 rings (SSSR count). The second kappa shape index (κ2) is 5.95. The first kappa shape index (κ1) is 14.4. The standard InChI is InChI=1S/C13H6Br2FNOS/c14-11-5-8(13(15)19-11)12(18)9(6-17)7-3-1-2-4-10(7)16/h1-5,9H. The minimum atomic E-state index is -1.14. The maximum Gasteiger partial charge on any atom is 0.186 e. The van der Waals surface area contributed by atoms with Gasteiger partial charge in [0.05, 0.1) is 13.6 Å². The molecule has 0 aliphatic rings. The molecule has 6 heteroatoms. The Balaban J connectivity index is 2.44. The summed E-state index contributed by atoms with van der Waals surface area (Å²) in [7, 11) is 0. The van der Waals surface area contributed by atoms with Crippen molar-refractivity contribution in [3.8, 4) is 6.07 Å². The van der Waals surface area contributed by atoms with Crippen molar-refractivity contribution in [1.82, 2.24) is 0 Å². The van der Waals surface area contributed by atoms with E-state index < -0.39 is 17.5 Å². The van der Waals surface area contributed by atoms with Gasteiger partial charge in [-0.1, -0.05) is 18.2 Å². The average molecular weight is 403 g/mol. The lowest BCUT2D eigenvalue weighted by atomic mass is 9.93. The highest BCUT2D eigenvalue weighted by atomic mass is 79.9. The monoisotopic (exact) mass is 401 g/mol. The summed E-state index contributed by atoms with van der Waals surface area (Å²) in [5.74, 6) is -2.10. The molecular weight excluding hydrogens is 397 g/mol. The van der Waals surface area contributed by atoms with Gasteiger partial charge in [-0.15, -0.1) is 11.3 Å². The molecule has 96 valence electrons. The Morgan fingerprint density at radius 1 is 1.37 bits per heavy atom. The Kier molecular flexibility index (Phi) is 4.50. The molecule has 1 aromatic heterocycles. The highest BCUT2D eigenvalue weighted by molar-refractivity contribution is 9.12. The summed E-state index contributed by atoms with van der Waals surface area (Å²) in [5, 5.41) is 9.17. The fourth-order valence-electron chi connectivity index (χ4n) is 1.64. The first-order valence-corrected chi connectivity index (χ1v) is 7.58. The predicted molar refractivity (Wildman–Crippen MR) is 78.8 cm³/mol. The molecule has 0 aliphatic carbocycles. The number of rotatable bonds is 3. The van der Waals surface area contributed by atoms with Crippen molar-refractivity contribution in [2.24, 2.45) is 0 Å². The number of thiophene rings is 1. The van der Waals surface area contributed by atoms with Gasteiger partial charge < -0.3 is 0 Å². The zero-order chi connectivity index (χ0) is 14.0. The van der Waals surface area contributed by atoms with Crippen LogP contribution in [-0.4, -0.2) is 5.78 Å². The molecule has 2 nitrogen and oxygen atoms in total. The summed E-state index contributed by atoms with van der Waals surface area (Å²) in [6, 6.07) is 9.32. The van der Waals surface area contributed by atoms with Crippen LogP contribution in [0.25, 0.3) is 0 Å². The largest absolute Gasteiger partial charge is 0.292 e. The third-order valence-corrected chi connectivity index (χ3v) is 4.87. The number of nitriles is 1. The van der Waals surface area contributed by atoms with Gasteiger partial charge in [0.25, 0.3) is 0 Å². The van der Waals surface area contributed by atoms with Crippen LogP contribution < -0.4 is 0 Å². The molecule has 1 unspecified atom stereocenters. The summed E-state index contributed by atoms with van der Waals surface area (Å²) in [6.45, 7) is 0. The van der Waals surface area contributed by atoms with Crippen LogP contribution in [0.5, 0.6) is 0 Å². The second-order valence-electron chi connectivity index (χ2n) is 3.69. The molecule has 1 aromatic carbocycles. The van der Waals surface area contributed by atoms with E-state index in [1.807, 2.05) is 6.07 Å². The van der Waals surface area contributed by atoms with Gasteiger partial charge in [-0.05, 0) is 44.0 Å². The molecule has 0 N–H and O–H groups in total. The van der Waals surface area contributed by atoms with Crippen molar-refractivity contribution in [1.29, 1.82) is 5.26 Å². The number of hydrogen-bond donors (Lipinski definition) is 0. The number of carbonyl (C=O) groups is 1. The van der Waals surface area contributed by atoms with Gasteiger partial charge in [-0.3, -0.25) is 4.79 Å². The van der Waals surface area contributed by atoms with Gasteiger partial charge in [0.1, 0.15) is 11.7 Å². The lowest BCUT2D eigenvalue weighted by Gasteiger charge is -2.08. The number of benzene rings is 1. The van der Waals surface area contributed by atoms with Crippen molar-refractivity contribution in [3.63, 3.8) is 0 Å². The molecule has 1 heterocycles. The quantitative estimate of drug-likeness (QED) is 0.685. The van der Waals surface area contributed by atoms with Crippen molar-refractivity contribution < 1.29 is 9.18 Å². The lowest BCUT2D eigenvalue weighted by Crippen LogP contribution is -2.12. The first-order valence-electron chi connectivity index (χ1n) is 5.17. The van der Waals surface area contributed by atoms with E-state index in [1.165, 1.54) is 29.5 Å². The van der Waals surface area contributed by atoms with E-state index in [-0.39, 0.29) is 5.56 Å². The lowest BCUT2D eigenvalue weighted by molar-refractivity contribution is 0.0977. The molecule has 0 fully saturated rings. The molecule has 2 aromatic rings. The van der Waals surface area contributed by atoms with Crippen LogP contribution in [0, 0.1) is 17.1 Å². The van der Waals surface area contributed by atoms with Crippen LogP contribution >= 0.6 is 43.2 Å². The van der Waals surface area contributed by atoms with Crippen LogP contribution in [0.4, 0.5) is 4.39 Å². The minimum Gasteiger partial charge on any atom is -0.292 e. The predicted octanol–water partition coefficient (Wildman–Crippen LogP) is 4.90. The summed E-state index contributed by atoms with van der Waals surface area (Å²) in [5.41, 5.74) is 0.482.